The maximum Gasteiger partial charge on any atom is 0.252 e. The third-order valence-corrected chi connectivity index (χ3v) is 5.23. The van der Waals surface area contributed by atoms with Crippen molar-refractivity contribution in [1.29, 1.82) is 0 Å². The van der Waals surface area contributed by atoms with Crippen LogP contribution in [0.15, 0.2) is 43.1 Å². The fraction of sp³-hybridized carbons (Fsp3) is 0.400. The molecule has 140 valence electrons. The number of aromatic nitrogens is 4. The number of nitrogens with zero attached hydrogens (tertiary/aromatic N) is 5. The average Bonchev–Trinajstić information content (AvgIpc) is 3.28. The van der Waals surface area contributed by atoms with Crippen molar-refractivity contribution in [3.05, 3.63) is 54.2 Å². The summed E-state index contributed by atoms with van der Waals surface area (Å²) < 4.78 is 1.96. The van der Waals surface area contributed by atoms with Gasteiger partial charge in [0.2, 0.25) is 0 Å². The molecule has 7 heteroatoms. The summed E-state index contributed by atoms with van der Waals surface area (Å²) in [5.74, 6) is -0.0909. The van der Waals surface area contributed by atoms with Crippen molar-refractivity contribution in [2.45, 2.75) is 31.8 Å². The standard InChI is InChI=1S/C20H24N6O/c1-25-9-3-5-17(25)6-8-22-20(27)16-10-18-19(23-12-16)26(14-24-18)13-15-4-2-7-21-11-15/h2,4,7,10-12,14,17H,3,5-6,8-9,13H2,1H3,(H,22,27). The van der Waals surface area contributed by atoms with Gasteiger partial charge in [-0.05, 0) is 50.6 Å². The first-order valence-corrected chi connectivity index (χ1v) is 9.39. The minimum Gasteiger partial charge on any atom is -0.352 e. The van der Waals surface area contributed by atoms with Gasteiger partial charge < -0.3 is 14.8 Å². The minimum atomic E-state index is -0.0909. The summed E-state index contributed by atoms with van der Waals surface area (Å²) in [6, 6.07) is 6.31. The second-order valence-corrected chi connectivity index (χ2v) is 7.12. The van der Waals surface area contributed by atoms with Gasteiger partial charge in [0, 0.05) is 31.2 Å². The van der Waals surface area contributed by atoms with Gasteiger partial charge in [0.1, 0.15) is 5.52 Å². The number of amides is 1. The van der Waals surface area contributed by atoms with E-state index in [1.54, 1.807) is 24.8 Å². The molecule has 1 fully saturated rings. The van der Waals surface area contributed by atoms with Crippen molar-refractivity contribution < 1.29 is 4.79 Å². The van der Waals surface area contributed by atoms with E-state index in [4.69, 9.17) is 0 Å². The Balaban J connectivity index is 1.40. The smallest absolute Gasteiger partial charge is 0.252 e. The number of nitrogens with one attached hydrogen (secondary N) is 1. The highest BCUT2D eigenvalue weighted by Crippen LogP contribution is 2.17. The maximum absolute atomic E-state index is 12.4. The van der Waals surface area contributed by atoms with Gasteiger partial charge in [0.05, 0.1) is 18.4 Å². The first kappa shape index (κ1) is 17.6. The van der Waals surface area contributed by atoms with Crippen molar-refractivity contribution in [3.8, 4) is 0 Å². The van der Waals surface area contributed by atoms with E-state index in [1.807, 2.05) is 22.9 Å². The summed E-state index contributed by atoms with van der Waals surface area (Å²) in [7, 11) is 2.15. The van der Waals surface area contributed by atoms with Gasteiger partial charge in [-0.3, -0.25) is 9.78 Å². The van der Waals surface area contributed by atoms with Gasteiger partial charge in [-0.2, -0.15) is 0 Å². The molecular formula is C20H24N6O. The molecule has 4 heterocycles. The lowest BCUT2D eigenvalue weighted by molar-refractivity contribution is 0.0950. The van der Waals surface area contributed by atoms with Crippen LogP contribution in [0.4, 0.5) is 0 Å². The van der Waals surface area contributed by atoms with Gasteiger partial charge in [-0.15, -0.1) is 0 Å². The fourth-order valence-corrected chi connectivity index (χ4v) is 3.68. The molecule has 0 aromatic carbocycles. The Bertz CT molecular complexity index is 923. The van der Waals surface area contributed by atoms with Crippen LogP contribution in [0.3, 0.4) is 0 Å². The Morgan fingerprint density at radius 2 is 2.26 bits per heavy atom. The number of carbonyl (C=O) groups excluding carboxylic acids is 1. The molecule has 4 rings (SSSR count). The Morgan fingerprint density at radius 1 is 1.33 bits per heavy atom. The summed E-state index contributed by atoms with van der Waals surface area (Å²) >= 11 is 0. The number of rotatable bonds is 6. The Kier molecular flexibility index (Phi) is 5.11. The number of imidazole rings is 1. The lowest BCUT2D eigenvalue weighted by Crippen LogP contribution is -2.31. The second kappa shape index (κ2) is 7.84. The Morgan fingerprint density at radius 3 is 3.04 bits per heavy atom. The van der Waals surface area contributed by atoms with E-state index in [0.29, 0.717) is 24.7 Å². The molecule has 0 bridgehead atoms. The first-order chi connectivity index (χ1) is 13.2. The van der Waals surface area contributed by atoms with Crippen molar-refractivity contribution >= 4 is 17.1 Å². The topological polar surface area (TPSA) is 75.9 Å². The number of likely N-dealkylation sites (tertiary alicyclic amines) is 1. The molecule has 7 nitrogen and oxygen atoms in total. The zero-order valence-electron chi connectivity index (χ0n) is 15.5. The molecule has 3 aromatic heterocycles. The van der Waals surface area contributed by atoms with Crippen molar-refractivity contribution in [3.63, 3.8) is 0 Å². The van der Waals surface area contributed by atoms with Crippen LogP contribution in [-0.4, -0.2) is 56.5 Å². The van der Waals surface area contributed by atoms with E-state index < -0.39 is 0 Å². The van der Waals surface area contributed by atoms with Gasteiger partial charge in [0.25, 0.3) is 5.91 Å². The molecule has 1 saturated heterocycles. The SMILES string of the molecule is CN1CCCC1CCNC(=O)c1cnc2c(c1)ncn2Cc1cccnc1. The normalized spacial score (nSPS) is 17.4. The second-order valence-electron chi connectivity index (χ2n) is 7.12. The monoisotopic (exact) mass is 364 g/mol. The molecule has 1 aliphatic rings. The van der Waals surface area contributed by atoms with Crippen LogP contribution in [0.25, 0.3) is 11.2 Å². The van der Waals surface area contributed by atoms with E-state index in [-0.39, 0.29) is 5.91 Å². The maximum atomic E-state index is 12.4. The number of pyridine rings is 2. The van der Waals surface area contributed by atoms with Gasteiger partial charge in [-0.25, -0.2) is 9.97 Å². The molecule has 0 spiro atoms. The molecule has 1 N–H and O–H groups in total. The van der Waals surface area contributed by atoms with Crippen LogP contribution >= 0.6 is 0 Å². The third-order valence-electron chi connectivity index (χ3n) is 5.23. The molecule has 3 aromatic rings. The molecule has 27 heavy (non-hydrogen) atoms. The zero-order valence-corrected chi connectivity index (χ0v) is 15.5. The lowest BCUT2D eigenvalue weighted by atomic mass is 10.1. The largest absolute Gasteiger partial charge is 0.352 e. The van der Waals surface area contributed by atoms with E-state index >= 15 is 0 Å². The highest BCUT2D eigenvalue weighted by atomic mass is 16.1. The molecule has 0 aliphatic carbocycles. The quantitative estimate of drug-likeness (QED) is 0.725. The predicted molar refractivity (Wildman–Crippen MR) is 103 cm³/mol. The summed E-state index contributed by atoms with van der Waals surface area (Å²) in [6.07, 6.45) is 10.4. The summed E-state index contributed by atoms with van der Waals surface area (Å²) in [6.45, 7) is 2.49. The van der Waals surface area contributed by atoms with Gasteiger partial charge in [0.15, 0.2) is 5.65 Å². The van der Waals surface area contributed by atoms with Crippen LogP contribution in [0.2, 0.25) is 0 Å². The van der Waals surface area contributed by atoms with Crippen molar-refractivity contribution in [2.24, 2.45) is 0 Å². The predicted octanol–water partition coefficient (Wildman–Crippen LogP) is 2.09. The van der Waals surface area contributed by atoms with Gasteiger partial charge >= 0.3 is 0 Å². The Hall–Kier alpha value is -2.80. The summed E-state index contributed by atoms with van der Waals surface area (Å²) in [5, 5.41) is 3.01. The minimum absolute atomic E-state index is 0.0909. The first-order valence-electron chi connectivity index (χ1n) is 9.39. The van der Waals surface area contributed by atoms with Crippen molar-refractivity contribution in [1.82, 2.24) is 29.7 Å². The van der Waals surface area contributed by atoms with Crippen LogP contribution < -0.4 is 5.32 Å². The highest BCUT2D eigenvalue weighted by Gasteiger charge is 2.20. The van der Waals surface area contributed by atoms with E-state index in [1.165, 1.54) is 12.8 Å². The van der Waals surface area contributed by atoms with Crippen LogP contribution in [-0.2, 0) is 6.54 Å². The van der Waals surface area contributed by atoms with Crippen LogP contribution in [0.5, 0.6) is 0 Å². The van der Waals surface area contributed by atoms with Crippen LogP contribution in [0.1, 0.15) is 35.2 Å². The number of hydrogen-bond acceptors (Lipinski definition) is 5. The van der Waals surface area contributed by atoms with E-state index in [2.05, 4.69) is 32.2 Å². The van der Waals surface area contributed by atoms with E-state index in [9.17, 15) is 4.79 Å². The highest BCUT2D eigenvalue weighted by molar-refractivity contribution is 5.96. The summed E-state index contributed by atoms with van der Waals surface area (Å²) in [5.41, 5.74) is 3.12. The number of carbonyl (C=O) groups is 1. The molecule has 1 aliphatic heterocycles. The molecular weight excluding hydrogens is 340 g/mol. The molecule has 0 radical (unpaired) electrons. The van der Waals surface area contributed by atoms with Crippen LogP contribution in [0, 0.1) is 0 Å². The molecule has 1 amide bonds. The summed E-state index contributed by atoms with van der Waals surface area (Å²) in [4.78, 5) is 27.8. The molecule has 0 saturated carbocycles. The van der Waals surface area contributed by atoms with Gasteiger partial charge in [-0.1, -0.05) is 6.07 Å². The molecule has 1 atom stereocenters. The lowest BCUT2D eigenvalue weighted by Gasteiger charge is -2.19. The number of fused-ring (bicyclic) bond motifs is 1. The zero-order chi connectivity index (χ0) is 18.6. The van der Waals surface area contributed by atoms with Crippen molar-refractivity contribution in [2.75, 3.05) is 20.1 Å². The third kappa shape index (κ3) is 3.98. The Labute approximate surface area is 158 Å². The number of hydrogen-bond donors (Lipinski definition) is 1. The fourth-order valence-electron chi connectivity index (χ4n) is 3.68. The molecule has 1 unspecified atom stereocenters. The van der Waals surface area contributed by atoms with E-state index in [0.717, 1.165) is 29.7 Å². The average molecular weight is 364 g/mol.